The van der Waals surface area contributed by atoms with Gasteiger partial charge in [-0.05, 0) is 18.6 Å². The summed E-state index contributed by atoms with van der Waals surface area (Å²) in [7, 11) is 1.58. The zero-order chi connectivity index (χ0) is 15.8. The molecule has 1 heterocycles. The zero-order valence-electron chi connectivity index (χ0n) is 12.4. The normalized spacial score (nSPS) is 10.6. The Morgan fingerprint density at radius 2 is 2.32 bits per heavy atom. The number of rotatable bonds is 7. The summed E-state index contributed by atoms with van der Waals surface area (Å²) < 4.78 is 11.0. The summed E-state index contributed by atoms with van der Waals surface area (Å²) in [5, 5.41) is 9.83. The van der Waals surface area contributed by atoms with Crippen molar-refractivity contribution < 1.29 is 9.47 Å². The van der Waals surface area contributed by atoms with Crippen molar-refractivity contribution in [3.8, 4) is 11.5 Å². The molecule has 1 aromatic heterocycles. The molecule has 0 unspecified atom stereocenters. The molecule has 2 aromatic rings. The average Bonchev–Trinajstić information content (AvgIpc) is 2.53. The van der Waals surface area contributed by atoms with Crippen LogP contribution in [0.2, 0.25) is 0 Å². The fourth-order valence-corrected chi connectivity index (χ4v) is 1.69. The van der Waals surface area contributed by atoms with Crippen molar-refractivity contribution in [2.75, 3.05) is 19.1 Å². The number of benzene rings is 1. The van der Waals surface area contributed by atoms with Crippen molar-refractivity contribution >= 4 is 12.0 Å². The molecule has 0 spiro atoms. The average molecular weight is 303 g/mol. The highest BCUT2D eigenvalue weighted by Crippen LogP contribution is 2.30. The van der Waals surface area contributed by atoms with Gasteiger partial charge >= 0.3 is 5.69 Å². The van der Waals surface area contributed by atoms with Crippen LogP contribution in [0.4, 0.5) is 5.82 Å². The quantitative estimate of drug-likeness (QED) is 0.592. The molecule has 0 amide bonds. The van der Waals surface area contributed by atoms with Gasteiger partial charge in [-0.25, -0.2) is 9.89 Å². The summed E-state index contributed by atoms with van der Waals surface area (Å²) in [6.45, 7) is 2.60. The molecule has 0 aliphatic carbocycles. The molecular formula is C14H17N5O3. The SMILES string of the molecule is CCCOc1c(/C=N/Nc2cn[nH]c(=O)n2)cccc1OC. The van der Waals surface area contributed by atoms with Gasteiger partial charge in [-0.3, -0.25) is 5.43 Å². The van der Waals surface area contributed by atoms with Crippen LogP contribution in [0.3, 0.4) is 0 Å². The second-order valence-electron chi connectivity index (χ2n) is 4.27. The standard InChI is InChI=1S/C14H17N5O3/c1-3-7-22-13-10(5-4-6-11(13)21-2)8-15-18-12-9-16-19-14(20)17-12/h4-6,8-9H,3,7H2,1-2H3,(H2,17,18,19,20)/b15-8+. The third kappa shape index (κ3) is 4.05. The lowest BCUT2D eigenvalue weighted by molar-refractivity contribution is 0.294. The Bertz CT molecular complexity index is 699. The lowest BCUT2D eigenvalue weighted by Crippen LogP contribution is -2.13. The number of methoxy groups -OCH3 is 1. The maximum Gasteiger partial charge on any atom is 0.363 e. The van der Waals surface area contributed by atoms with E-state index in [0.29, 0.717) is 18.1 Å². The molecule has 116 valence electrons. The van der Waals surface area contributed by atoms with Crippen LogP contribution in [-0.2, 0) is 0 Å². The van der Waals surface area contributed by atoms with Gasteiger partial charge in [-0.15, -0.1) is 0 Å². The monoisotopic (exact) mass is 303 g/mol. The maximum atomic E-state index is 11.0. The van der Waals surface area contributed by atoms with Crippen molar-refractivity contribution in [1.82, 2.24) is 15.2 Å². The zero-order valence-corrected chi connectivity index (χ0v) is 12.4. The van der Waals surface area contributed by atoms with Gasteiger partial charge in [0.2, 0.25) is 0 Å². The van der Waals surface area contributed by atoms with Crippen LogP contribution in [0.25, 0.3) is 0 Å². The van der Waals surface area contributed by atoms with Crippen molar-refractivity contribution in [2.24, 2.45) is 5.10 Å². The van der Waals surface area contributed by atoms with Gasteiger partial charge in [0.05, 0.1) is 26.1 Å². The first-order valence-electron chi connectivity index (χ1n) is 6.75. The van der Waals surface area contributed by atoms with Crippen LogP contribution in [0, 0.1) is 0 Å². The molecule has 22 heavy (non-hydrogen) atoms. The Morgan fingerprint density at radius 1 is 1.45 bits per heavy atom. The molecule has 8 heteroatoms. The lowest BCUT2D eigenvalue weighted by atomic mass is 10.2. The summed E-state index contributed by atoms with van der Waals surface area (Å²) in [5.74, 6) is 1.50. The van der Waals surface area contributed by atoms with E-state index in [-0.39, 0.29) is 5.82 Å². The van der Waals surface area contributed by atoms with Crippen LogP contribution < -0.4 is 20.6 Å². The number of para-hydroxylation sites is 1. The number of aromatic amines is 1. The summed E-state index contributed by atoms with van der Waals surface area (Å²) in [6, 6.07) is 5.51. The number of hydrazone groups is 1. The summed E-state index contributed by atoms with van der Waals surface area (Å²) >= 11 is 0. The molecule has 0 aliphatic heterocycles. The Labute approximate surface area is 127 Å². The first-order valence-corrected chi connectivity index (χ1v) is 6.75. The molecule has 8 nitrogen and oxygen atoms in total. The fraction of sp³-hybridized carbons (Fsp3) is 0.286. The molecule has 0 aliphatic rings. The van der Waals surface area contributed by atoms with Crippen molar-refractivity contribution in [3.63, 3.8) is 0 Å². The van der Waals surface area contributed by atoms with Crippen LogP contribution in [0.5, 0.6) is 11.5 Å². The number of hydrogen-bond acceptors (Lipinski definition) is 7. The minimum Gasteiger partial charge on any atom is -0.493 e. The van der Waals surface area contributed by atoms with Crippen molar-refractivity contribution in [3.05, 3.63) is 40.4 Å². The summed E-state index contributed by atoms with van der Waals surface area (Å²) in [4.78, 5) is 14.7. The fourth-order valence-electron chi connectivity index (χ4n) is 1.69. The molecular weight excluding hydrogens is 286 g/mol. The van der Waals surface area contributed by atoms with E-state index in [1.54, 1.807) is 13.3 Å². The molecule has 0 fully saturated rings. The highest BCUT2D eigenvalue weighted by Gasteiger charge is 2.08. The van der Waals surface area contributed by atoms with E-state index >= 15 is 0 Å². The molecule has 0 atom stereocenters. The lowest BCUT2D eigenvalue weighted by Gasteiger charge is -2.12. The van der Waals surface area contributed by atoms with E-state index in [2.05, 4.69) is 25.7 Å². The number of ether oxygens (including phenoxy) is 2. The number of H-pyrrole nitrogens is 1. The second-order valence-corrected chi connectivity index (χ2v) is 4.27. The summed E-state index contributed by atoms with van der Waals surface area (Å²) in [5.41, 5.74) is 2.83. The van der Waals surface area contributed by atoms with Gasteiger partial charge in [0.25, 0.3) is 0 Å². The predicted molar refractivity (Wildman–Crippen MR) is 82.6 cm³/mol. The molecule has 1 aromatic carbocycles. The van der Waals surface area contributed by atoms with Crippen LogP contribution >= 0.6 is 0 Å². The van der Waals surface area contributed by atoms with Crippen LogP contribution in [-0.4, -0.2) is 35.1 Å². The largest absolute Gasteiger partial charge is 0.493 e. The van der Waals surface area contributed by atoms with Crippen LogP contribution in [0.15, 0.2) is 34.3 Å². The van der Waals surface area contributed by atoms with E-state index in [4.69, 9.17) is 9.47 Å². The van der Waals surface area contributed by atoms with Crippen molar-refractivity contribution in [1.29, 1.82) is 0 Å². The van der Waals surface area contributed by atoms with Gasteiger partial charge in [-0.2, -0.15) is 15.2 Å². The van der Waals surface area contributed by atoms with Gasteiger partial charge in [0.15, 0.2) is 17.3 Å². The van der Waals surface area contributed by atoms with E-state index < -0.39 is 5.69 Å². The van der Waals surface area contributed by atoms with Gasteiger partial charge < -0.3 is 9.47 Å². The van der Waals surface area contributed by atoms with Gasteiger partial charge in [0.1, 0.15) is 0 Å². The number of nitrogens with zero attached hydrogens (tertiary/aromatic N) is 3. The molecule has 0 saturated heterocycles. The van der Waals surface area contributed by atoms with E-state index in [0.717, 1.165) is 12.0 Å². The molecule has 0 saturated carbocycles. The molecule has 2 rings (SSSR count). The maximum absolute atomic E-state index is 11.0. The van der Waals surface area contributed by atoms with Crippen LogP contribution in [0.1, 0.15) is 18.9 Å². The molecule has 2 N–H and O–H groups in total. The Morgan fingerprint density at radius 3 is 3.05 bits per heavy atom. The van der Waals surface area contributed by atoms with Crippen molar-refractivity contribution in [2.45, 2.75) is 13.3 Å². The third-order valence-corrected chi connectivity index (χ3v) is 2.63. The first kappa shape index (κ1) is 15.5. The number of hydrogen-bond donors (Lipinski definition) is 2. The van der Waals surface area contributed by atoms with Gasteiger partial charge in [-0.1, -0.05) is 13.0 Å². The summed E-state index contributed by atoms with van der Waals surface area (Å²) in [6.07, 6.45) is 3.81. The number of nitrogens with one attached hydrogen (secondary N) is 2. The number of aromatic nitrogens is 3. The minimum atomic E-state index is -0.548. The van der Waals surface area contributed by atoms with E-state index in [1.165, 1.54) is 6.20 Å². The molecule has 0 bridgehead atoms. The topological polar surface area (TPSA) is 101 Å². The highest BCUT2D eigenvalue weighted by atomic mass is 16.5. The second kappa shape index (κ2) is 7.77. The highest BCUT2D eigenvalue weighted by molar-refractivity contribution is 5.85. The predicted octanol–water partition coefficient (Wildman–Crippen LogP) is 1.41. The smallest absolute Gasteiger partial charge is 0.363 e. The Hall–Kier alpha value is -2.90. The molecule has 0 radical (unpaired) electrons. The number of anilines is 1. The Kier molecular flexibility index (Phi) is 5.47. The third-order valence-electron chi connectivity index (χ3n) is 2.63. The van der Waals surface area contributed by atoms with E-state index in [1.807, 2.05) is 25.1 Å². The van der Waals surface area contributed by atoms with E-state index in [9.17, 15) is 4.79 Å². The first-order chi connectivity index (χ1) is 10.7. The minimum absolute atomic E-state index is 0.249. The Balaban J connectivity index is 2.17. The van der Waals surface area contributed by atoms with Gasteiger partial charge in [0, 0.05) is 5.56 Å².